The molecule has 0 N–H and O–H groups in total. The Balaban J connectivity index is 0.000000918. The summed E-state index contributed by atoms with van der Waals surface area (Å²) in [7, 11) is 0. The minimum atomic E-state index is -0.554. The van der Waals surface area contributed by atoms with Crippen molar-refractivity contribution in [3.63, 3.8) is 0 Å². The highest BCUT2D eigenvalue weighted by atomic mass is 32.2. The number of benzene rings is 2. The minimum Gasteiger partial charge on any atom is -0.427 e. The molecule has 0 heterocycles. The summed E-state index contributed by atoms with van der Waals surface area (Å²) >= 11 is 11.3. The summed E-state index contributed by atoms with van der Waals surface area (Å²) in [5.41, 5.74) is -0.210. The van der Waals surface area contributed by atoms with Crippen molar-refractivity contribution in [3.8, 4) is 11.5 Å². The van der Waals surface area contributed by atoms with Crippen molar-refractivity contribution >= 4 is 83.0 Å². The molecule has 0 unspecified atom stereocenters. The smallest absolute Gasteiger partial charge is 0.311 e. The van der Waals surface area contributed by atoms with Crippen molar-refractivity contribution in [1.82, 2.24) is 0 Å². The SMILES string of the molecule is CSCCCCSC(=O)CCCCC(C)=O.O=C(CCCCC(=O)Oc1ccc([N+](=O)[O-])cc1)Oc1ccc([N+](=O)[O-])cc1.SCCCCS. The second kappa shape index (κ2) is 30.7. The van der Waals surface area contributed by atoms with Gasteiger partial charge in [-0.2, -0.15) is 37.0 Å². The summed E-state index contributed by atoms with van der Waals surface area (Å²) in [6, 6.07) is 10.3. The average Bonchev–Trinajstić information content (AvgIpc) is 3.08. The van der Waals surface area contributed by atoms with Crippen molar-refractivity contribution in [1.29, 1.82) is 0 Å². The van der Waals surface area contributed by atoms with Gasteiger partial charge in [0.05, 0.1) is 9.85 Å². The number of Topliss-reactive ketones (excluding diaryl/α,β-unsaturated/α-hetero) is 1. The van der Waals surface area contributed by atoms with E-state index in [2.05, 4.69) is 31.5 Å². The fourth-order valence-corrected chi connectivity index (χ4v) is 5.45. The third-order valence-corrected chi connectivity index (χ3v) is 8.65. The number of nitrogens with zero attached hydrogens (tertiary/aromatic N) is 2. The van der Waals surface area contributed by atoms with E-state index in [1.54, 1.807) is 6.92 Å². The molecule has 2 aromatic rings. The van der Waals surface area contributed by atoms with Gasteiger partial charge in [-0.25, -0.2) is 0 Å². The lowest BCUT2D eigenvalue weighted by molar-refractivity contribution is -0.385. The molecule has 0 saturated carbocycles. The number of nitro benzene ring substituents is 2. The van der Waals surface area contributed by atoms with Crippen LogP contribution in [0.3, 0.4) is 0 Å². The Kier molecular flexibility index (Phi) is 28.8. The van der Waals surface area contributed by atoms with E-state index in [9.17, 15) is 39.4 Å². The molecular formula is C34H48N2O10S4. The Morgan fingerprint density at radius 3 is 1.40 bits per heavy atom. The number of rotatable bonds is 22. The number of carbonyl (C=O) groups excluding carboxylic acids is 4. The Morgan fingerprint density at radius 2 is 1.02 bits per heavy atom. The average molecular weight is 773 g/mol. The summed E-state index contributed by atoms with van der Waals surface area (Å²) in [6.45, 7) is 1.60. The number of ketones is 1. The molecule has 0 aliphatic rings. The first kappa shape index (κ1) is 46.9. The van der Waals surface area contributed by atoms with Crippen molar-refractivity contribution < 1.29 is 38.5 Å². The van der Waals surface area contributed by atoms with Gasteiger partial charge in [-0.05, 0) is 106 Å². The lowest BCUT2D eigenvalue weighted by Crippen LogP contribution is -2.10. The molecule has 0 aliphatic heterocycles. The monoisotopic (exact) mass is 772 g/mol. The lowest BCUT2D eigenvalue weighted by atomic mass is 10.1. The maximum Gasteiger partial charge on any atom is 0.311 e. The van der Waals surface area contributed by atoms with E-state index < -0.39 is 21.8 Å². The van der Waals surface area contributed by atoms with Gasteiger partial charge in [-0.3, -0.25) is 34.6 Å². The third kappa shape index (κ3) is 26.7. The van der Waals surface area contributed by atoms with Crippen LogP contribution in [0.4, 0.5) is 11.4 Å². The van der Waals surface area contributed by atoms with Gasteiger partial charge in [-0.15, -0.1) is 0 Å². The molecule has 0 aromatic heterocycles. The van der Waals surface area contributed by atoms with E-state index in [0.29, 0.717) is 25.7 Å². The van der Waals surface area contributed by atoms with Gasteiger partial charge in [0.25, 0.3) is 11.4 Å². The number of ether oxygens (including phenoxy) is 2. The number of carbonyl (C=O) groups is 4. The maximum atomic E-state index is 11.7. The van der Waals surface area contributed by atoms with Crippen LogP contribution in [0, 0.1) is 20.2 Å². The van der Waals surface area contributed by atoms with Crippen molar-refractivity contribution in [3.05, 3.63) is 68.8 Å². The highest BCUT2D eigenvalue weighted by Crippen LogP contribution is 2.20. The highest BCUT2D eigenvalue weighted by Gasteiger charge is 2.11. The van der Waals surface area contributed by atoms with Crippen LogP contribution in [0.15, 0.2) is 48.5 Å². The van der Waals surface area contributed by atoms with E-state index in [0.717, 1.165) is 36.5 Å². The number of esters is 2. The van der Waals surface area contributed by atoms with Crippen LogP contribution in [0.1, 0.15) is 84.0 Å². The zero-order valence-corrected chi connectivity index (χ0v) is 32.0. The van der Waals surface area contributed by atoms with Gasteiger partial charge in [0.2, 0.25) is 0 Å². The normalized spacial score (nSPS) is 10.1. The molecule has 0 saturated heterocycles. The standard InChI is InChI=1S/C18H16N2O8.C12H22O2S2.C4H10S2/c21-17(27-15-9-5-13(6-10-15)19(23)24)3-1-2-4-18(22)28-16-11-7-14(8-12-16)20(25)26;1-11(13)7-3-4-8-12(14)16-10-6-5-9-15-2;5-3-1-2-4-6/h5-12H,1-4H2;3-10H2,1-2H3;5-6H,1-4H2. The molecular weight excluding hydrogens is 725 g/mol. The highest BCUT2D eigenvalue weighted by molar-refractivity contribution is 8.13. The number of hydrogen-bond donors (Lipinski definition) is 2. The molecule has 16 heteroatoms. The van der Waals surface area contributed by atoms with E-state index in [1.807, 2.05) is 11.8 Å². The zero-order valence-electron chi connectivity index (χ0n) is 28.6. The Morgan fingerprint density at radius 1 is 0.620 bits per heavy atom. The maximum absolute atomic E-state index is 11.7. The second-order valence-corrected chi connectivity index (χ2v) is 13.7. The predicted octanol–water partition coefficient (Wildman–Crippen LogP) is 8.74. The molecule has 12 nitrogen and oxygen atoms in total. The van der Waals surface area contributed by atoms with Crippen molar-refractivity contribution in [2.24, 2.45) is 0 Å². The Bertz CT molecular complexity index is 1220. The van der Waals surface area contributed by atoms with Gasteiger partial charge in [-0.1, -0.05) is 11.8 Å². The Labute approximate surface area is 313 Å². The van der Waals surface area contributed by atoms with E-state index in [-0.39, 0.29) is 46.6 Å². The number of thioether (sulfide) groups is 2. The van der Waals surface area contributed by atoms with Crippen LogP contribution in [-0.4, -0.2) is 62.0 Å². The second-order valence-electron chi connectivity index (χ2n) is 10.6. The largest absolute Gasteiger partial charge is 0.427 e. The number of nitro groups is 2. The molecule has 0 bridgehead atoms. The van der Waals surface area contributed by atoms with Gasteiger partial charge in [0, 0.05) is 55.7 Å². The first-order valence-corrected chi connectivity index (χ1v) is 19.8. The van der Waals surface area contributed by atoms with E-state index >= 15 is 0 Å². The van der Waals surface area contributed by atoms with Gasteiger partial charge < -0.3 is 14.3 Å². The van der Waals surface area contributed by atoms with Crippen LogP contribution in [0.2, 0.25) is 0 Å². The molecule has 0 atom stereocenters. The Hall–Kier alpha value is -3.08. The molecule has 278 valence electrons. The number of unbranched alkanes of at least 4 members (excludes halogenated alkanes) is 4. The molecule has 0 radical (unpaired) electrons. The summed E-state index contributed by atoms with van der Waals surface area (Å²) in [6.07, 6.45) is 10.7. The number of thiol groups is 2. The molecule has 0 amide bonds. The van der Waals surface area contributed by atoms with Crippen LogP contribution in [-0.2, 0) is 19.2 Å². The zero-order chi connectivity index (χ0) is 37.6. The van der Waals surface area contributed by atoms with Crippen molar-refractivity contribution in [2.45, 2.75) is 84.0 Å². The number of non-ortho nitro benzene ring substituents is 2. The first-order chi connectivity index (χ1) is 23.9. The third-order valence-electron chi connectivity index (χ3n) is 6.30. The molecule has 0 spiro atoms. The molecule has 2 aromatic carbocycles. The van der Waals surface area contributed by atoms with Crippen LogP contribution in [0.25, 0.3) is 0 Å². The summed E-state index contributed by atoms with van der Waals surface area (Å²) < 4.78 is 10.1. The lowest BCUT2D eigenvalue weighted by Gasteiger charge is -2.05. The summed E-state index contributed by atoms with van der Waals surface area (Å²) in [5.74, 6) is 3.73. The predicted molar refractivity (Wildman–Crippen MR) is 207 cm³/mol. The summed E-state index contributed by atoms with van der Waals surface area (Å²) in [4.78, 5) is 65.5. The summed E-state index contributed by atoms with van der Waals surface area (Å²) in [5, 5.41) is 21.4. The van der Waals surface area contributed by atoms with Gasteiger partial charge in [0.1, 0.15) is 17.3 Å². The van der Waals surface area contributed by atoms with Crippen LogP contribution >= 0.6 is 48.8 Å². The first-order valence-electron chi connectivity index (χ1n) is 16.2. The van der Waals surface area contributed by atoms with Crippen LogP contribution in [0.5, 0.6) is 11.5 Å². The molecule has 50 heavy (non-hydrogen) atoms. The van der Waals surface area contributed by atoms with Gasteiger partial charge in [0.15, 0.2) is 5.12 Å². The molecule has 0 aliphatic carbocycles. The molecule has 2 rings (SSSR count). The van der Waals surface area contributed by atoms with Gasteiger partial charge >= 0.3 is 11.9 Å². The fraction of sp³-hybridized carbons (Fsp3) is 0.529. The fourth-order valence-electron chi connectivity index (χ4n) is 3.65. The minimum absolute atomic E-state index is 0.0712. The molecule has 0 fully saturated rings. The quantitative estimate of drug-likeness (QED) is 0.0291. The van der Waals surface area contributed by atoms with Crippen molar-refractivity contribution in [2.75, 3.05) is 29.3 Å². The van der Waals surface area contributed by atoms with E-state index in [1.165, 1.54) is 85.3 Å². The number of hydrogen-bond acceptors (Lipinski definition) is 14. The van der Waals surface area contributed by atoms with E-state index in [4.69, 9.17) is 9.47 Å². The topological polar surface area (TPSA) is 173 Å². The van der Waals surface area contributed by atoms with Crippen LogP contribution < -0.4 is 9.47 Å².